The maximum atomic E-state index is 13.2. The molecule has 162 valence electrons. The fraction of sp³-hybridized carbons (Fsp3) is 0.385. The van der Waals surface area contributed by atoms with Gasteiger partial charge in [-0.25, -0.2) is 4.79 Å². The lowest BCUT2D eigenvalue weighted by Gasteiger charge is -2.28. The van der Waals surface area contributed by atoms with Gasteiger partial charge in [-0.05, 0) is 64.8 Å². The van der Waals surface area contributed by atoms with E-state index in [-0.39, 0.29) is 16.6 Å². The second kappa shape index (κ2) is 6.71. The Balaban J connectivity index is 1.84. The molecule has 1 aliphatic heterocycles. The molecule has 0 spiro atoms. The number of benzene rings is 1. The summed E-state index contributed by atoms with van der Waals surface area (Å²) >= 11 is 0. The van der Waals surface area contributed by atoms with Crippen molar-refractivity contribution in [2.45, 2.75) is 65.3 Å². The number of ketones is 1. The van der Waals surface area contributed by atoms with E-state index < -0.39 is 12.1 Å². The SMILES string of the molecule is CC1=C2OC(=O)NC2C=C2C(=O)C(=Cc3cc(C(C)(C)C)c(O)c(C(C)(C)C)c3)C=C21. The highest BCUT2D eigenvalue weighted by Crippen LogP contribution is 2.42. The highest BCUT2D eigenvalue weighted by Gasteiger charge is 2.39. The summed E-state index contributed by atoms with van der Waals surface area (Å²) in [6.45, 7) is 14.3. The molecule has 1 fully saturated rings. The Morgan fingerprint density at radius 3 is 2.13 bits per heavy atom. The van der Waals surface area contributed by atoms with Crippen LogP contribution in [0.4, 0.5) is 4.79 Å². The van der Waals surface area contributed by atoms with Crippen LogP contribution in [0.15, 0.2) is 52.3 Å². The molecular formula is C26H29NO4. The normalized spacial score (nSPS) is 22.2. The van der Waals surface area contributed by atoms with Gasteiger partial charge < -0.3 is 15.2 Å². The summed E-state index contributed by atoms with van der Waals surface area (Å²) < 4.78 is 5.28. The van der Waals surface area contributed by atoms with Crippen LogP contribution in [-0.4, -0.2) is 23.0 Å². The van der Waals surface area contributed by atoms with E-state index in [2.05, 4.69) is 46.9 Å². The van der Waals surface area contributed by atoms with Crippen LogP contribution in [0.5, 0.6) is 5.75 Å². The number of rotatable bonds is 1. The number of aromatic hydroxyl groups is 1. The highest BCUT2D eigenvalue weighted by molar-refractivity contribution is 6.20. The van der Waals surface area contributed by atoms with Crippen LogP contribution in [-0.2, 0) is 20.4 Å². The van der Waals surface area contributed by atoms with Gasteiger partial charge in [0.05, 0.1) is 0 Å². The van der Waals surface area contributed by atoms with Gasteiger partial charge in [0.25, 0.3) is 0 Å². The van der Waals surface area contributed by atoms with Crippen LogP contribution in [0.2, 0.25) is 0 Å². The van der Waals surface area contributed by atoms with E-state index in [1.807, 2.05) is 31.2 Å². The molecule has 31 heavy (non-hydrogen) atoms. The number of phenols is 1. The highest BCUT2D eigenvalue weighted by atomic mass is 16.6. The first-order chi connectivity index (χ1) is 14.3. The van der Waals surface area contributed by atoms with E-state index in [0.717, 1.165) is 27.8 Å². The lowest BCUT2D eigenvalue weighted by Crippen LogP contribution is -2.26. The third kappa shape index (κ3) is 3.52. The Bertz CT molecular complexity index is 1110. The zero-order valence-corrected chi connectivity index (χ0v) is 19.1. The Morgan fingerprint density at radius 1 is 1.00 bits per heavy atom. The fourth-order valence-electron chi connectivity index (χ4n) is 4.33. The monoisotopic (exact) mass is 419 g/mol. The third-order valence-corrected chi connectivity index (χ3v) is 6.03. The molecular weight excluding hydrogens is 390 g/mol. The van der Waals surface area contributed by atoms with E-state index in [9.17, 15) is 14.7 Å². The van der Waals surface area contributed by atoms with E-state index in [4.69, 9.17) is 4.74 Å². The molecule has 0 radical (unpaired) electrons. The molecule has 1 saturated heterocycles. The number of hydrogen-bond donors (Lipinski definition) is 2. The number of Topliss-reactive ketones (excluding diaryl/α,β-unsaturated/α-hetero) is 1. The van der Waals surface area contributed by atoms with Gasteiger partial charge in [0.2, 0.25) is 0 Å². The Labute approximate surface area is 183 Å². The van der Waals surface area contributed by atoms with Crippen LogP contribution < -0.4 is 5.32 Å². The van der Waals surface area contributed by atoms with Crippen molar-refractivity contribution in [2.75, 3.05) is 0 Å². The lowest BCUT2D eigenvalue weighted by molar-refractivity contribution is -0.111. The van der Waals surface area contributed by atoms with Crippen molar-refractivity contribution in [1.82, 2.24) is 5.32 Å². The minimum atomic E-state index is -0.492. The van der Waals surface area contributed by atoms with Crippen LogP contribution in [0.3, 0.4) is 0 Å². The number of amides is 1. The number of fused-ring (bicyclic) bond motifs is 2. The first-order valence-electron chi connectivity index (χ1n) is 10.5. The Hall–Kier alpha value is -3.08. The number of ether oxygens (including phenoxy) is 1. The molecule has 1 heterocycles. The summed E-state index contributed by atoms with van der Waals surface area (Å²) in [5, 5.41) is 13.7. The van der Waals surface area contributed by atoms with E-state index in [1.54, 1.807) is 6.08 Å². The number of phenolic OH excluding ortho intramolecular Hbond substituents is 1. The molecule has 0 bridgehead atoms. The van der Waals surface area contributed by atoms with Crippen molar-refractivity contribution in [3.8, 4) is 5.75 Å². The summed E-state index contributed by atoms with van der Waals surface area (Å²) in [5.74, 6) is 0.803. The third-order valence-electron chi connectivity index (χ3n) is 6.03. The van der Waals surface area contributed by atoms with Gasteiger partial charge in [0, 0.05) is 22.3 Å². The molecule has 3 aliphatic rings. The van der Waals surface area contributed by atoms with Crippen molar-refractivity contribution in [3.05, 3.63) is 69.0 Å². The second-order valence-electron chi connectivity index (χ2n) is 10.5. The van der Waals surface area contributed by atoms with Crippen molar-refractivity contribution in [2.24, 2.45) is 0 Å². The predicted molar refractivity (Wildman–Crippen MR) is 121 cm³/mol. The van der Waals surface area contributed by atoms with Crippen LogP contribution >= 0.6 is 0 Å². The quantitative estimate of drug-likeness (QED) is 0.613. The summed E-state index contributed by atoms with van der Waals surface area (Å²) in [6.07, 6.45) is 5.01. The van der Waals surface area contributed by atoms with Crippen LogP contribution in [0.1, 0.15) is 65.2 Å². The molecule has 0 aromatic heterocycles. The summed E-state index contributed by atoms with van der Waals surface area (Å²) in [4.78, 5) is 24.8. The first kappa shape index (κ1) is 21.2. The number of hydrogen-bond acceptors (Lipinski definition) is 4. The Kier molecular flexibility index (Phi) is 4.58. The largest absolute Gasteiger partial charge is 0.507 e. The topological polar surface area (TPSA) is 75.6 Å². The van der Waals surface area contributed by atoms with Gasteiger partial charge in [-0.1, -0.05) is 41.5 Å². The maximum absolute atomic E-state index is 13.2. The van der Waals surface area contributed by atoms with Gasteiger partial charge in [0.1, 0.15) is 17.6 Å². The molecule has 5 nitrogen and oxygen atoms in total. The molecule has 4 rings (SSSR count). The minimum absolute atomic E-state index is 0.0720. The predicted octanol–water partition coefficient (Wildman–Crippen LogP) is 5.20. The van der Waals surface area contributed by atoms with Gasteiger partial charge in [-0.2, -0.15) is 0 Å². The molecule has 2 aliphatic carbocycles. The molecule has 5 heteroatoms. The zero-order valence-electron chi connectivity index (χ0n) is 19.1. The van der Waals surface area contributed by atoms with E-state index in [1.165, 1.54) is 0 Å². The van der Waals surface area contributed by atoms with E-state index in [0.29, 0.717) is 22.7 Å². The van der Waals surface area contributed by atoms with Gasteiger partial charge in [-0.3, -0.25) is 4.79 Å². The summed E-state index contributed by atoms with van der Waals surface area (Å²) in [6, 6.07) is 3.53. The number of alkyl carbamates (subject to hydrolysis) is 1. The smallest absolute Gasteiger partial charge is 0.413 e. The zero-order chi connectivity index (χ0) is 22.9. The van der Waals surface area contributed by atoms with Crippen molar-refractivity contribution < 1.29 is 19.4 Å². The van der Waals surface area contributed by atoms with E-state index >= 15 is 0 Å². The van der Waals surface area contributed by atoms with Crippen LogP contribution in [0, 0.1) is 0 Å². The molecule has 1 aromatic carbocycles. The average molecular weight is 420 g/mol. The molecule has 1 unspecified atom stereocenters. The fourth-order valence-corrected chi connectivity index (χ4v) is 4.33. The van der Waals surface area contributed by atoms with Crippen molar-refractivity contribution in [1.29, 1.82) is 0 Å². The van der Waals surface area contributed by atoms with Gasteiger partial charge >= 0.3 is 6.09 Å². The lowest BCUT2D eigenvalue weighted by atomic mass is 9.78. The Morgan fingerprint density at radius 2 is 1.58 bits per heavy atom. The molecule has 1 atom stereocenters. The standard InChI is InChI=1S/C26H29NO4/c1-13-16-11-15(21(28)17(16)12-20-23(13)31-24(30)27-20)8-14-9-18(25(2,3)4)22(29)19(10-14)26(5,6)7/h8-12,20,29H,1-7H3,(H,27,30). The molecule has 1 amide bonds. The van der Waals surface area contributed by atoms with Gasteiger partial charge in [-0.15, -0.1) is 0 Å². The second-order valence-corrected chi connectivity index (χ2v) is 10.5. The molecule has 2 N–H and O–H groups in total. The number of carbonyl (C=O) groups excluding carboxylic acids is 2. The number of nitrogens with one attached hydrogen (secondary N) is 1. The van der Waals surface area contributed by atoms with Crippen molar-refractivity contribution in [3.63, 3.8) is 0 Å². The molecule has 1 aromatic rings. The van der Waals surface area contributed by atoms with Gasteiger partial charge in [0.15, 0.2) is 5.78 Å². The van der Waals surface area contributed by atoms with Crippen LogP contribution in [0.25, 0.3) is 6.08 Å². The number of carbonyl (C=O) groups is 2. The minimum Gasteiger partial charge on any atom is -0.507 e. The molecule has 0 saturated carbocycles. The summed E-state index contributed by atoms with van der Waals surface area (Å²) in [7, 11) is 0. The maximum Gasteiger partial charge on any atom is 0.413 e. The number of allylic oxidation sites excluding steroid dienone is 5. The summed E-state index contributed by atoms with van der Waals surface area (Å²) in [5.41, 5.74) is 4.85. The average Bonchev–Trinajstić information content (AvgIpc) is 3.16. The van der Waals surface area contributed by atoms with Crippen molar-refractivity contribution >= 4 is 18.0 Å². The first-order valence-corrected chi connectivity index (χ1v) is 10.5.